The molecule has 0 atom stereocenters. The van der Waals surface area contributed by atoms with Crippen LogP contribution in [0.15, 0.2) is 36.4 Å². The van der Waals surface area contributed by atoms with Crippen molar-refractivity contribution in [1.82, 2.24) is 0 Å². The Morgan fingerprint density at radius 3 is 2.33 bits per heavy atom. The number of hydrogen-bond acceptors (Lipinski definition) is 2. The van der Waals surface area contributed by atoms with Crippen LogP contribution in [0.5, 0.6) is 5.75 Å². The SMILES string of the molecule is Nc1cc(OCC(F)(F)F)ccc1-c1cc(Cl)ccc1Cl. The molecule has 0 amide bonds. The van der Waals surface area contributed by atoms with Gasteiger partial charge in [0.25, 0.3) is 0 Å². The molecule has 0 unspecified atom stereocenters. The van der Waals surface area contributed by atoms with Crippen LogP contribution in [0.1, 0.15) is 0 Å². The Morgan fingerprint density at radius 2 is 1.71 bits per heavy atom. The Kier molecular flexibility index (Phi) is 4.54. The third kappa shape index (κ3) is 4.19. The zero-order chi connectivity index (χ0) is 15.6. The van der Waals surface area contributed by atoms with E-state index in [9.17, 15) is 13.2 Å². The van der Waals surface area contributed by atoms with Gasteiger partial charge in [-0.15, -0.1) is 0 Å². The third-order valence-electron chi connectivity index (χ3n) is 2.64. The Morgan fingerprint density at radius 1 is 1.00 bits per heavy atom. The molecule has 2 rings (SSSR count). The number of rotatable bonds is 3. The maximum absolute atomic E-state index is 12.1. The lowest BCUT2D eigenvalue weighted by Crippen LogP contribution is -2.19. The van der Waals surface area contributed by atoms with E-state index in [1.807, 2.05) is 0 Å². The summed E-state index contributed by atoms with van der Waals surface area (Å²) in [5.74, 6) is 0.0340. The number of alkyl halides is 3. The maximum Gasteiger partial charge on any atom is 0.422 e. The number of nitrogens with two attached hydrogens (primary N) is 1. The summed E-state index contributed by atoms with van der Waals surface area (Å²) in [6, 6.07) is 9.13. The molecule has 0 saturated heterocycles. The zero-order valence-electron chi connectivity index (χ0n) is 10.5. The highest BCUT2D eigenvalue weighted by atomic mass is 35.5. The highest BCUT2D eigenvalue weighted by Gasteiger charge is 2.28. The second-order valence-corrected chi connectivity index (χ2v) is 5.12. The molecule has 0 saturated carbocycles. The summed E-state index contributed by atoms with van der Waals surface area (Å²) in [4.78, 5) is 0. The van der Waals surface area contributed by atoms with E-state index in [1.165, 1.54) is 12.1 Å². The normalized spacial score (nSPS) is 11.5. The minimum absolute atomic E-state index is 0.0340. The molecule has 2 aromatic carbocycles. The molecular formula is C14H10Cl2F3NO. The van der Waals surface area contributed by atoms with E-state index in [1.54, 1.807) is 24.3 Å². The van der Waals surface area contributed by atoms with Crippen molar-refractivity contribution in [3.63, 3.8) is 0 Å². The fraction of sp³-hybridized carbons (Fsp3) is 0.143. The van der Waals surface area contributed by atoms with Gasteiger partial charge in [-0.2, -0.15) is 13.2 Å². The van der Waals surface area contributed by atoms with Crippen LogP contribution in [0.4, 0.5) is 18.9 Å². The highest BCUT2D eigenvalue weighted by Crippen LogP contribution is 2.36. The van der Waals surface area contributed by atoms with Gasteiger partial charge in [-0.05, 0) is 30.3 Å². The minimum Gasteiger partial charge on any atom is -0.484 e. The van der Waals surface area contributed by atoms with Gasteiger partial charge in [0.15, 0.2) is 6.61 Å². The van der Waals surface area contributed by atoms with Crippen molar-refractivity contribution < 1.29 is 17.9 Å². The van der Waals surface area contributed by atoms with Gasteiger partial charge >= 0.3 is 6.18 Å². The van der Waals surface area contributed by atoms with E-state index in [0.717, 1.165) is 0 Å². The Bertz CT molecular complexity index is 659. The predicted octanol–water partition coefficient (Wildman–Crippen LogP) is 5.18. The van der Waals surface area contributed by atoms with Crippen LogP contribution in [-0.2, 0) is 0 Å². The van der Waals surface area contributed by atoms with Crippen LogP contribution >= 0.6 is 23.2 Å². The molecule has 21 heavy (non-hydrogen) atoms. The summed E-state index contributed by atoms with van der Waals surface area (Å²) in [7, 11) is 0. The first kappa shape index (κ1) is 15.8. The topological polar surface area (TPSA) is 35.2 Å². The molecule has 2 nitrogen and oxygen atoms in total. The van der Waals surface area contributed by atoms with Gasteiger partial charge < -0.3 is 10.5 Å². The molecule has 0 aliphatic heterocycles. The Labute approximate surface area is 129 Å². The number of ether oxygens (including phenoxy) is 1. The first-order valence-corrected chi connectivity index (χ1v) is 6.56. The van der Waals surface area contributed by atoms with Crippen LogP contribution in [0.3, 0.4) is 0 Å². The summed E-state index contributed by atoms with van der Waals surface area (Å²) < 4.78 is 40.9. The summed E-state index contributed by atoms with van der Waals surface area (Å²) in [5, 5.41) is 0.918. The molecule has 2 N–H and O–H groups in total. The van der Waals surface area contributed by atoms with Crippen LogP contribution < -0.4 is 10.5 Å². The molecule has 0 bridgehead atoms. The summed E-state index contributed by atoms with van der Waals surface area (Å²) in [6.07, 6.45) is -4.40. The van der Waals surface area contributed by atoms with Crippen molar-refractivity contribution in [2.45, 2.75) is 6.18 Å². The van der Waals surface area contributed by atoms with E-state index < -0.39 is 12.8 Å². The Hall–Kier alpha value is -1.59. The zero-order valence-corrected chi connectivity index (χ0v) is 12.1. The number of benzene rings is 2. The van der Waals surface area contributed by atoms with Crippen molar-refractivity contribution in [2.75, 3.05) is 12.3 Å². The second kappa shape index (κ2) is 6.03. The van der Waals surface area contributed by atoms with Gasteiger partial charge in [0, 0.05) is 32.9 Å². The number of nitrogen functional groups attached to an aromatic ring is 1. The van der Waals surface area contributed by atoms with E-state index in [2.05, 4.69) is 4.74 Å². The van der Waals surface area contributed by atoms with Crippen LogP contribution in [-0.4, -0.2) is 12.8 Å². The molecule has 7 heteroatoms. The molecule has 0 fully saturated rings. The fourth-order valence-corrected chi connectivity index (χ4v) is 2.14. The molecule has 0 radical (unpaired) electrons. The lowest BCUT2D eigenvalue weighted by Gasteiger charge is -2.12. The molecule has 0 aliphatic rings. The van der Waals surface area contributed by atoms with E-state index in [0.29, 0.717) is 21.2 Å². The summed E-state index contributed by atoms with van der Waals surface area (Å²) in [6.45, 7) is -1.37. The van der Waals surface area contributed by atoms with Crippen molar-refractivity contribution in [1.29, 1.82) is 0 Å². The summed E-state index contributed by atoms with van der Waals surface area (Å²) >= 11 is 12.0. The number of halogens is 5. The lowest BCUT2D eigenvalue weighted by molar-refractivity contribution is -0.153. The molecule has 112 valence electrons. The number of anilines is 1. The average Bonchev–Trinajstić information content (AvgIpc) is 2.39. The standard InChI is InChI=1S/C14H10Cl2F3NO/c15-8-1-4-12(16)11(5-8)10-3-2-9(6-13(10)20)21-7-14(17,18)19/h1-6H,7,20H2. The first-order valence-electron chi connectivity index (χ1n) is 5.81. The minimum atomic E-state index is -4.40. The van der Waals surface area contributed by atoms with Crippen molar-refractivity contribution in [3.05, 3.63) is 46.4 Å². The fourth-order valence-electron chi connectivity index (χ4n) is 1.74. The van der Waals surface area contributed by atoms with Gasteiger partial charge in [-0.25, -0.2) is 0 Å². The van der Waals surface area contributed by atoms with E-state index in [4.69, 9.17) is 28.9 Å². The molecule has 0 spiro atoms. The molecule has 0 aromatic heterocycles. The van der Waals surface area contributed by atoms with Crippen LogP contribution in [0, 0.1) is 0 Å². The molecule has 2 aromatic rings. The van der Waals surface area contributed by atoms with Gasteiger partial charge in [0.1, 0.15) is 5.75 Å². The van der Waals surface area contributed by atoms with Crippen LogP contribution in [0.2, 0.25) is 10.0 Å². The molecule has 0 heterocycles. The lowest BCUT2D eigenvalue weighted by atomic mass is 10.0. The second-order valence-electron chi connectivity index (χ2n) is 4.28. The maximum atomic E-state index is 12.1. The largest absolute Gasteiger partial charge is 0.484 e. The van der Waals surface area contributed by atoms with Crippen molar-refractivity contribution >= 4 is 28.9 Å². The average molecular weight is 336 g/mol. The van der Waals surface area contributed by atoms with E-state index >= 15 is 0 Å². The Balaban J connectivity index is 2.29. The monoisotopic (exact) mass is 335 g/mol. The van der Waals surface area contributed by atoms with Gasteiger partial charge in [0.2, 0.25) is 0 Å². The predicted molar refractivity (Wildman–Crippen MR) is 77.9 cm³/mol. The summed E-state index contributed by atoms with van der Waals surface area (Å²) in [5.41, 5.74) is 7.27. The van der Waals surface area contributed by atoms with Crippen molar-refractivity contribution in [2.24, 2.45) is 0 Å². The number of hydrogen-bond donors (Lipinski definition) is 1. The highest BCUT2D eigenvalue weighted by molar-refractivity contribution is 6.35. The van der Waals surface area contributed by atoms with Gasteiger partial charge in [-0.1, -0.05) is 23.2 Å². The first-order chi connectivity index (χ1) is 9.76. The smallest absolute Gasteiger partial charge is 0.422 e. The third-order valence-corrected chi connectivity index (χ3v) is 3.21. The van der Waals surface area contributed by atoms with Gasteiger partial charge in [0.05, 0.1) is 0 Å². The van der Waals surface area contributed by atoms with Crippen LogP contribution in [0.25, 0.3) is 11.1 Å². The van der Waals surface area contributed by atoms with Crippen molar-refractivity contribution in [3.8, 4) is 16.9 Å². The molecule has 0 aliphatic carbocycles. The quantitative estimate of drug-likeness (QED) is 0.784. The molecular weight excluding hydrogens is 326 g/mol. The van der Waals surface area contributed by atoms with E-state index in [-0.39, 0.29) is 11.4 Å². The van der Waals surface area contributed by atoms with Gasteiger partial charge in [-0.3, -0.25) is 0 Å².